The number of amides is 2. The number of rotatable bonds is 5. The SMILES string of the molecule is O=C(NCCCN1CCC[C@@H](O)C1)Nc1cc(F)cc(C(F)(F)F)c1. The fourth-order valence-corrected chi connectivity index (χ4v) is 2.74. The monoisotopic (exact) mass is 363 g/mol. The Morgan fingerprint density at radius 2 is 2.08 bits per heavy atom. The van der Waals surface area contributed by atoms with Crippen LogP contribution in [0.15, 0.2) is 18.2 Å². The molecule has 0 aliphatic carbocycles. The number of likely N-dealkylation sites (tertiary alicyclic amines) is 1. The number of nitrogens with zero attached hydrogens (tertiary/aromatic N) is 1. The summed E-state index contributed by atoms with van der Waals surface area (Å²) in [4.78, 5) is 13.8. The molecule has 0 aromatic heterocycles. The third-order valence-electron chi connectivity index (χ3n) is 3.90. The van der Waals surface area contributed by atoms with E-state index in [0.717, 1.165) is 25.5 Å². The van der Waals surface area contributed by atoms with Crippen molar-refractivity contribution in [2.75, 3.05) is 31.5 Å². The summed E-state index contributed by atoms with van der Waals surface area (Å²) in [5.74, 6) is -1.08. The Kier molecular flexibility index (Phi) is 6.60. The van der Waals surface area contributed by atoms with Gasteiger partial charge in [0, 0.05) is 18.8 Å². The first kappa shape index (κ1) is 19.5. The van der Waals surface area contributed by atoms with Crippen LogP contribution in [0.4, 0.5) is 28.0 Å². The molecule has 0 bridgehead atoms. The van der Waals surface area contributed by atoms with E-state index in [2.05, 4.69) is 15.5 Å². The minimum Gasteiger partial charge on any atom is -0.392 e. The highest BCUT2D eigenvalue weighted by Crippen LogP contribution is 2.31. The number of β-amino-alcohol motifs (C(OH)–C–C–N with tert-alkyl or cyclic N) is 1. The summed E-state index contributed by atoms with van der Waals surface area (Å²) in [6.07, 6.45) is -2.65. The highest BCUT2D eigenvalue weighted by molar-refractivity contribution is 5.89. The molecule has 0 saturated carbocycles. The molecule has 0 unspecified atom stereocenters. The first-order valence-electron chi connectivity index (χ1n) is 8.07. The summed E-state index contributed by atoms with van der Waals surface area (Å²) < 4.78 is 51.1. The molecule has 0 spiro atoms. The molecule has 1 saturated heterocycles. The molecule has 1 fully saturated rings. The van der Waals surface area contributed by atoms with Gasteiger partial charge in [-0.15, -0.1) is 0 Å². The number of piperidine rings is 1. The number of urea groups is 1. The van der Waals surface area contributed by atoms with Crippen molar-refractivity contribution in [2.24, 2.45) is 0 Å². The van der Waals surface area contributed by atoms with Gasteiger partial charge in [-0.05, 0) is 50.6 Å². The van der Waals surface area contributed by atoms with Crippen molar-refractivity contribution >= 4 is 11.7 Å². The number of alkyl halides is 3. The molecule has 1 aromatic rings. The molecule has 0 radical (unpaired) electrons. The lowest BCUT2D eigenvalue weighted by Crippen LogP contribution is -2.40. The smallest absolute Gasteiger partial charge is 0.392 e. The van der Waals surface area contributed by atoms with Crippen LogP contribution in [-0.2, 0) is 6.18 Å². The van der Waals surface area contributed by atoms with Crippen molar-refractivity contribution in [1.82, 2.24) is 10.2 Å². The predicted molar refractivity (Wildman–Crippen MR) is 84.7 cm³/mol. The van der Waals surface area contributed by atoms with E-state index >= 15 is 0 Å². The maximum absolute atomic E-state index is 13.3. The molecule has 1 atom stereocenters. The Morgan fingerprint density at radius 3 is 2.76 bits per heavy atom. The quantitative estimate of drug-likeness (QED) is 0.557. The van der Waals surface area contributed by atoms with Crippen LogP contribution in [0.2, 0.25) is 0 Å². The number of aliphatic hydroxyl groups is 1. The van der Waals surface area contributed by atoms with E-state index in [9.17, 15) is 27.5 Å². The van der Waals surface area contributed by atoms with Crippen molar-refractivity contribution in [1.29, 1.82) is 0 Å². The average Bonchev–Trinajstić information content (AvgIpc) is 2.50. The van der Waals surface area contributed by atoms with E-state index in [1.807, 2.05) is 0 Å². The van der Waals surface area contributed by atoms with Crippen LogP contribution in [0.1, 0.15) is 24.8 Å². The number of nitrogens with one attached hydrogen (secondary N) is 2. The van der Waals surface area contributed by atoms with Gasteiger partial charge in [0.15, 0.2) is 0 Å². The molecule has 1 aliphatic rings. The molecule has 2 amide bonds. The Labute approximate surface area is 143 Å². The second kappa shape index (κ2) is 8.48. The number of anilines is 1. The number of carbonyl (C=O) groups is 1. The van der Waals surface area contributed by atoms with E-state index in [0.29, 0.717) is 38.2 Å². The largest absolute Gasteiger partial charge is 0.416 e. The molecular formula is C16H21F4N3O2. The zero-order chi connectivity index (χ0) is 18.4. The lowest BCUT2D eigenvalue weighted by Gasteiger charge is -2.29. The van der Waals surface area contributed by atoms with Gasteiger partial charge in [0.1, 0.15) is 5.82 Å². The second-order valence-corrected chi connectivity index (χ2v) is 6.06. The summed E-state index contributed by atoms with van der Waals surface area (Å²) in [6, 6.07) is 1.18. The Hall–Kier alpha value is -1.87. The van der Waals surface area contributed by atoms with Crippen LogP contribution in [0.25, 0.3) is 0 Å². The zero-order valence-corrected chi connectivity index (χ0v) is 13.6. The van der Waals surface area contributed by atoms with E-state index in [1.54, 1.807) is 0 Å². The maximum atomic E-state index is 13.3. The summed E-state index contributed by atoms with van der Waals surface area (Å²) in [6.45, 7) is 2.53. The van der Waals surface area contributed by atoms with Crippen molar-refractivity contribution in [3.8, 4) is 0 Å². The van der Waals surface area contributed by atoms with Gasteiger partial charge in [0.25, 0.3) is 0 Å². The van der Waals surface area contributed by atoms with Gasteiger partial charge in [-0.25, -0.2) is 9.18 Å². The molecule has 2 rings (SSSR count). The van der Waals surface area contributed by atoms with Crippen LogP contribution in [0.3, 0.4) is 0 Å². The lowest BCUT2D eigenvalue weighted by atomic mass is 10.1. The molecule has 1 heterocycles. The fourth-order valence-electron chi connectivity index (χ4n) is 2.74. The van der Waals surface area contributed by atoms with E-state index in [-0.39, 0.29) is 11.8 Å². The predicted octanol–water partition coefficient (Wildman–Crippen LogP) is 2.81. The van der Waals surface area contributed by atoms with Gasteiger partial charge in [0.05, 0.1) is 11.7 Å². The van der Waals surface area contributed by atoms with Crippen molar-refractivity contribution in [2.45, 2.75) is 31.5 Å². The number of hydrogen-bond acceptors (Lipinski definition) is 3. The highest BCUT2D eigenvalue weighted by atomic mass is 19.4. The van der Waals surface area contributed by atoms with Gasteiger partial charge in [0.2, 0.25) is 0 Å². The van der Waals surface area contributed by atoms with Crippen LogP contribution >= 0.6 is 0 Å². The molecule has 1 aliphatic heterocycles. The number of halogens is 4. The van der Waals surface area contributed by atoms with Crippen molar-refractivity contribution in [3.63, 3.8) is 0 Å². The maximum Gasteiger partial charge on any atom is 0.416 e. The number of benzene rings is 1. The van der Waals surface area contributed by atoms with Gasteiger partial charge < -0.3 is 20.6 Å². The third kappa shape index (κ3) is 6.50. The van der Waals surface area contributed by atoms with E-state index in [1.165, 1.54) is 0 Å². The third-order valence-corrected chi connectivity index (χ3v) is 3.90. The number of hydrogen-bond donors (Lipinski definition) is 3. The molecule has 1 aromatic carbocycles. The van der Waals surface area contributed by atoms with Crippen LogP contribution in [0, 0.1) is 5.82 Å². The Bertz CT molecular complexity index is 595. The minimum atomic E-state index is -4.69. The number of aliphatic hydroxyl groups excluding tert-OH is 1. The van der Waals surface area contributed by atoms with E-state index < -0.39 is 23.6 Å². The minimum absolute atomic E-state index is 0.260. The molecule has 5 nitrogen and oxygen atoms in total. The molecular weight excluding hydrogens is 342 g/mol. The van der Waals surface area contributed by atoms with E-state index in [4.69, 9.17) is 0 Å². The van der Waals surface area contributed by atoms with Gasteiger partial charge >= 0.3 is 12.2 Å². The van der Waals surface area contributed by atoms with Crippen molar-refractivity contribution < 1.29 is 27.5 Å². The molecule has 3 N–H and O–H groups in total. The second-order valence-electron chi connectivity index (χ2n) is 6.06. The molecule has 25 heavy (non-hydrogen) atoms. The standard InChI is InChI=1S/C16H21F4N3O2/c17-12-7-11(16(18,19)20)8-13(9-12)22-15(25)21-4-2-6-23-5-1-3-14(24)10-23/h7-9,14,24H,1-6,10H2,(H2,21,22,25)/t14-/m1/s1. The average molecular weight is 363 g/mol. The molecule has 140 valence electrons. The fraction of sp³-hybridized carbons (Fsp3) is 0.562. The Balaban J connectivity index is 1.76. The van der Waals surface area contributed by atoms with Crippen LogP contribution < -0.4 is 10.6 Å². The first-order chi connectivity index (χ1) is 11.7. The normalized spacial score (nSPS) is 18.8. The summed E-state index contributed by atoms with van der Waals surface area (Å²) in [7, 11) is 0. The topological polar surface area (TPSA) is 64.6 Å². The molecule has 9 heteroatoms. The Morgan fingerprint density at radius 1 is 1.32 bits per heavy atom. The first-order valence-corrected chi connectivity index (χ1v) is 8.07. The number of carbonyl (C=O) groups excluding carboxylic acids is 1. The summed E-state index contributed by atoms with van der Waals surface area (Å²) >= 11 is 0. The van der Waals surface area contributed by atoms with Crippen LogP contribution in [0.5, 0.6) is 0 Å². The van der Waals surface area contributed by atoms with Gasteiger partial charge in [-0.2, -0.15) is 13.2 Å². The zero-order valence-electron chi connectivity index (χ0n) is 13.6. The summed E-state index contributed by atoms with van der Waals surface area (Å²) in [5, 5.41) is 14.3. The van der Waals surface area contributed by atoms with Gasteiger partial charge in [-0.1, -0.05) is 0 Å². The summed E-state index contributed by atoms with van der Waals surface area (Å²) in [5.41, 5.74) is -1.42. The lowest BCUT2D eigenvalue weighted by molar-refractivity contribution is -0.137. The van der Waals surface area contributed by atoms with Crippen molar-refractivity contribution in [3.05, 3.63) is 29.6 Å². The highest BCUT2D eigenvalue weighted by Gasteiger charge is 2.31. The van der Waals surface area contributed by atoms with Gasteiger partial charge in [-0.3, -0.25) is 0 Å². The van der Waals surface area contributed by atoms with Crippen LogP contribution in [-0.4, -0.2) is 48.3 Å².